The number of rotatable bonds is 2. The summed E-state index contributed by atoms with van der Waals surface area (Å²) in [5.41, 5.74) is 0. The Labute approximate surface area is 41.3 Å². The van der Waals surface area contributed by atoms with Crippen LogP contribution in [0.15, 0.2) is 12.2 Å². The molecule has 0 aliphatic rings. The van der Waals surface area contributed by atoms with Crippen LogP contribution in [0.1, 0.15) is 28.0 Å². The van der Waals surface area contributed by atoms with Crippen LogP contribution in [-0.4, -0.2) is 0 Å². The van der Waals surface area contributed by atoms with Crippen molar-refractivity contribution in [1.29, 1.82) is 0 Å². The van der Waals surface area contributed by atoms with E-state index < -0.39 is 0 Å². The van der Waals surface area contributed by atoms with Crippen molar-refractivity contribution in [2.45, 2.75) is 26.7 Å². The van der Waals surface area contributed by atoms with Gasteiger partial charge in [-0.25, -0.2) is 0 Å². The summed E-state index contributed by atoms with van der Waals surface area (Å²) in [4.78, 5) is 0. The molecule has 0 fully saturated rings. The van der Waals surface area contributed by atoms with Crippen LogP contribution in [0.3, 0.4) is 0 Å². The van der Waals surface area contributed by atoms with E-state index in [1.165, 1.54) is 0 Å². The molecule has 0 bridgehead atoms. The first-order valence-electron chi connectivity index (χ1n) is 2.88. The van der Waals surface area contributed by atoms with Crippen molar-refractivity contribution >= 4 is 0 Å². The van der Waals surface area contributed by atoms with Crippen LogP contribution >= 0.6 is 0 Å². The van der Waals surface area contributed by atoms with E-state index in [4.69, 9.17) is 1.37 Å². The van der Waals surface area contributed by atoms with Crippen molar-refractivity contribution in [3.05, 3.63) is 12.2 Å². The summed E-state index contributed by atoms with van der Waals surface area (Å²) in [6, 6.07) is 0. The maximum absolute atomic E-state index is 7.03. The molecule has 0 saturated heterocycles. The van der Waals surface area contributed by atoms with Crippen molar-refractivity contribution in [3.63, 3.8) is 0 Å². The number of hydrogen-bond acceptors (Lipinski definition) is 0. The summed E-state index contributed by atoms with van der Waals surface area (Å²) in [5, 5.41) is 0. The Morgan fingerprint density at radius 3 is 2.67 bits per heavy atom. The molecular formula is C6H12. The summed E-state index contributed by atoms with van der Waals surface area (Å²) in [5.74, 6) is 0. The Balaban J connectivity index is 2.97. The standard InChI is InChI=1S/C6H12/c1-3-5-6-4-2/h3,5H,4,6H2,1-2H3/i4D. The molecule has 6 heavy (non-hydrogen) atoms. The van der Waals surface area contributed by atoms with Gasteiger partial charge >= 0.3 is 0 Å². The van der Waals surface area contributed by atoms with Crippen molar-refractivity contribution in [1.82, 2.24) is 0 Å². The molecule has 0 aliphatic carbocycles. The molecule has 0 aromatic carbocycles. The molecule has 0 amide bonds. The molecule has 0 aliphatic heterocycles. The second kappa shape index (κ2) is 4.74. The van der Waals surface area contributed by atoms with Crippen LogP contribution in [0.2, 0.25) is 0 Å². The fraction of sp³-hybridized carbons (Fsp3) is 0.667. The van der Waals surface area contributed by atoms with Gasteiger partial charge < -0.3 is 0 Å². The summed E-state index contributed by atoms with van der Waals surface area (Å²) in [6.45, 7) is 3.86. The van der Waals surface area contributed by atoms with E-state index in [2.05, 4.69) is 0 Å². The summed E-state index contributed by atoms with van der Waals surface area (Å²) in [7, 11) is 0. The first kappa shape index (κ1) is 3.91. The highest BCUT2D eigenvalue weighted by Crippen LogP contribution is 1.85. The van der Waals surface area contributed by atoms with E-state index in [9.17, 15) is 0 Å². The van der Waals surface area contributed by atoms with Crippen LogP contribution < -0.4 is 0 Å². The highest BCUT2D eigenvalue weighted by atomic mass is 13.7. The Morgan fingerprint density at radius 1 is 1.83 bits per heavy atom. The monoisotopic (exact) mass is 85.1 g/mol. The lowest BCUT2D eigenvalue weighted by atomic mass is 10.3. The van der Waals surface area contributed by atoms with Gasteiger partial charge in [0.1, 0.15) is 0 Å². The van der Waals surface area contributed by atoms with Gasteiger partial charge in [0.05, 0.1) is 0 Å². The largest absolute Gasteiger partial charge is 0.0917 e. The van der Waals surface area contributed by atoms with Crippen LogP contribution in [0.4, 0.5) is 0 Å². The van der Waals surface area contributed by atoms with E-state index in [0.717, 1.165) is 6.42 Å². The van der Waals surface area contributed by atoms with Gasteiger partial charge in [0.2, 0.25) is 0 Å². The Morgan fingerprint density at radius 2 is 2.50 bits per heavy atom. The van der Waals surface area contributed by atoms with Crippen molar-refractivity contribution in [3.8, 4) is 0 Å². The van der Waals surface area contributed by atoms with Crippen LogP contribution in [0.5, 0.6) is 0 Å². The topological polar surface area (TPSA) is 0 Å². The van der Waals surface area contributed by atoms with Crippen LogP contribution in [-0.2, 0) is 0 Å². The average molecular weight is 85.2 g/mol. The third-order valence-electron chi connectivity index (χ3n) is 0.607. The fourth-order valence-corrected chi connectivity index (χ4v) is 0.272. The van der Waals surface area contributed by atoms with Gasteiger partial charge in [-0.05, 0) is 13.3 Å². The Hall–Kier alpha value is -0.260. The molecule has 0 heteroatoms. The maximum Gasteiger partial charge on any atom is 0.0267 e. The lowest BCUT2D eigenvalue weighted by Gasteiger charge is -1.76. The smallest absolute Gasteiger partial charge is 0.0267 e. The van der Waals surface area contributed by atoms with Gasteiger partial charge in [-0.1, -0.05) is 25.5 Å². The molecular weight excluding hydrogens is 72.1 g/mol. The SMILES string of the molecule is [2H]C(C)CC=CC. The molecule has 0 aromatic rings. The third kappa shape index (κ3) is 3.74. The zero-order chi connectivity index (χ0) is 5.70. The minimum atomic E-state index is 0.0659. The molecule has 0 aromatic heterocycles. The van der Waals surface area contributed by atoms with Gasteiger partial charge in [-0.3, -0.25) is 0 Å². The minimum Gasteiger partial charge on any atom is -0.0917 e. The summed E-state index contributed by atoms with van der Waals surface area (Å²) in [6.07, 6.45) is 4.94. The third-order valence-corrected chi connectivity index (χ3v) is 0.607. The molecule has 36 valence electrons. The molecule has 0 radical (unpaired) electrons. The quantitative estimate of drug-likeness (QED) is 0.451. The number of hydrogen-bond donors (Lipinski definition) is 0. The lowest BCUT2D eigenvalue weighted by molar-refractivity contribution is 0.957. The lowest BCUT2D eigenvalue weighted by Crippen LogP contribution is -1.55. The van der Waals surface area contributed by atoms with Gasteiger partial charge in [0.15, 0.2) is 0 Å². The first-order chi connectivity index (χ1) is 3.27. The molecule has 1 atom stereocenters. The van der Waals surface area contributed by atoms with Crippen molar-refractivity contribution in [2.24, 2.45) is 0 Å². The first-order valence-corrected chi connectivity index (χ1v) is 2.30. The molecule has 0 N–H and O–H groups in total. The molecule has 0 spiro atoms. The Kier molecular flexibility index (Phi) is 3.09. The molecule has 0 nitrogen and oxygen atoms in total. The van der Waals surface area contributed by atoms with Gasteiger partial charge in [0.25, 0.3) is 0 Å². The van der Waals surface area contributed by atoms with Gasteiger partial charge in [-0.15, -0.1) is 0 Å². The second-order valence-corrected chi connectivity index (χ2v) is 1.21. The van der Waals surface area contributed by atoms with Crippen LogP contribution in [0.25, 0.3) is 0 Å². The summed E-state index contributed by atoms with van der Waals surface area (Å²) >= 11 is 0. The number of allylic oxidation sites excluding steroid dienone is 2. The van der Waals surface area contributed by atoms with E-state index in [1.807, 2.05) is 26.0 Å². The molecule has 0 heterocycles. The van der Waals surface area contributed by atoms with Crippen molar-refractivity contribution < 1.29 is 1.37 Å². The second-order valence-electron chi connectivity index (χ2n) is 1.21. The molecule has 0 saturated carbocycles. The van der Waals surface area contributed by atoms with E-state index in [0.29, 0.717) is 0 Å². The minimum absolute atomic E-state index is 0.0659. The molecule has 1 unspecified atom stereocenters. The highest BCUT2D eigenvalue weighted by molar-refractivity contribution is 4.75. The predicted octanol–water partition coefficient (Wildman–Crippen LogP) is 2.36. The van der Waals surface area contributed by atoms with E-state index >= 15 is 0 Å². The van der Waals surface area contributed by atoms with E-state index in [1.54, 1.807) is 0 Å². The van der Waals surface area contributed by atoms with Crippen LogP contribution in [0, 0.1) is 0 Å². The average Bonchev–Trinajstić information content (AvgIpc) is 1.61. The van der Waals surface area contributed by atoms with E-state index in [-0.39, 0.29) is 6.40 Å². The zero-order valence-corrected chi connectivity index (χ0v) is 4.44. The predicted molar refractivity (Wildman–Crippen MR) is 29.7 cm³/mol. The normalized spacial score (nSPS) is 18.0. The van der Waals surface area contributed by atoms with Crippen molar-refractivity contribution in [2.75, 3.05) is 0 Å². The maximum atomic E-state index is 7.03. The fourth-order valence-electron chi connectivity index (χ4n) is 0.272. The zero-order valence-electron chi connectivity index (χ0n) is 5.44. The van der Waals surface area contributed by atoms with Gasteiger partial charge in [-0.2, -0.15) is 0 Å². The molecule has 0 rings (SSSR count). The Bertz CT molecular complexity index is 55.2. The summed E-state index contributed by atoms with van der Waals surface area (Å²) < 4.78 is 7.03. The highest BCUT2D eigenvalue weighted by Gasteiger charge is 1.64. The van der Waals surface area contributed by atoms with Gasteiger partial charge in [0, 0.05) is 1.37 Å².